The Morgan fingerprint density at radius 2 is 2.36 bits per heavy atom. The Kier molecular flexibility index (Phi) is 4.64. The molecule has 78 valence electrons. The number of ketones is 1. The summed E-state index contributed by atoms with van der Waals surface area (Å²) in [6.07, 6.45) is 2.79. The van der Waals surface area contributed by atoms with Crippen LogP contribution in [0.1, 0.15) is 33.1 Å². The van der Waals surface area contributed by atoms with Crippen molar-refractivity contribution in [3.8, 4) is 11.8 Å². The summed E-state index contributed by atoms with van der Waals surface area (Å²) in [5, 5.41) is 0. The maximum Gasteiger partial charge on any atom is 0.202 e. The Morgan fingerprint density at radius 1 is 1.57 bits per heavy atom. The lowest BCUT2D eigenvalue weighted by Gasteiger charge is -2.23. The third-order valence-corrected chi connectivity index (χ3v) is 1.95. The second-order valence-electron chi connectivity index (χ2n) is 3.40. The number of hydrogen-bond donors (Lipinski definition) is 0. The van der Waals surface area contributed by atoms with Gasteiger partial charge in [0.05, 0.1) is 0 Å². The first-order chi connectivity index (χ1) is 6.68. The van der Waals surface area contributed by atoms with Crippen LogP contribution in [-0.4, -0.2) is 24.8 Å². The van der Waals surface area contributed by atoms with E-state index in [-0.39, 0.29) is 18.2 Å². The van der Waals surface area contributed by atoms with E-state index in [1.165, 1.54) is 6.92 Å². The molecule has 14 heavy (non-hydrogen) atoms. The lowest BCUT2D eigenvalue weighted by Crippen LogP contribution is -2.25. The van der Waals surface area contributed by atoms with Gasteiger partial charge in [0, 0.05) is 13.5 Å². The third kappa shape index (κ3) is 4.40. The first-order valence-corrected chi connectivity index (χ1v) is 4.97. The maximum absolute atomic E-state index is 10.6. The van der Waals surface area contributed by atoms with Gasteiger partial charge in [-0.05, 0) is 32.1 Å². The Labute approximate surface area is 84.8 Å². The highest BCUT2D eigenvalue weighted by molar-refractivity contribution is 5.93. The summed E-state index contributed by atoms with van der Waals surface area (Å²) in [7, 11) is 0. The van der Waals surface area contributed by atoms with E-state index in [9.17, 15) is 4.79 Å². The largest absolute Gasteiger partial charge is 0.353 e. The molecule has 2 atom stereocenters. The van der Waals surface area contributed by atoms with Crippen LogP contribution in [0.25, 0.3) is 0 Å². The molecule has 1 fully saturated rings. The van der Waals surface area contributed by atoms with Gasteiger partial charge >= 0.3 is 0 Å². The van der Waals surface area contributed by atoms with Gasteiger partial charge in [0.15, 0.2) is 6.29 Å². The van der Waals surface area contributed by atoms with Crippen LogP contribution in [0.2, 0.25) is 0 Å². The SMILES string of the molecule is CC(=O)C#CC(C)OC1CCCCO1. The molecule has 2 unspecified atom stereocenters. The van der Waals surface area contributed by atoms with E-state index in [2.05, 4.69) is 11.8 Å². The molecule has 1 heterocycles. The standard InChI is InChI=1S/C11H16O3/c1-9(12)6-7-10(2)14-11-5-3-4-8-13-11/h10-11H,3-5,8H2,1-2H3. The van der Waals surface area contributed by atoms with Crippen molar-refractivity contribution in [3.63, 3.8) is 0 Å². The van der Waals surface area contributed by atoms with Crippen LogP contribution in [0.4, 0.5) is 0 Å². The minimum atomic E-state index is -0.234. The average Bonchev–Trinajstić information content (AvgIpc) is 2.16. The van der Waals surface area contributed by atoms with E-state index < -0.39 is 0 Å². The fourth-order valence-corrected chi connectivity index (χ4v) is 1.28. The molecule has 0 N–H and O–H groups in total. The van der Waals surface area contributed by atoms with E-state index >= 15 is 0 Å². The molecule has 1 aliphatic rings. The van der Waals surface area contributed by atoms with Crippen molar-refractivity contribution >= 4 is 5.78 Å². The zero-order valence-corrected chi connectivity index (χ0v) is 8.71. The Bertz CT molecular complexity index is 243. The highest BCUT2D eigenvalue weighted by Gasteiger charge is 2.15. The van der Waals surface area contributed by atoms with Gasteiger partial charge in [0.2, 0.25) is 5.78 Å². The van der Waals surface area contributed by atoms with Crippen molar-refractivity contribution in [3.05, 3.63) is 0 Å². The Hall–Kier alpha value is -0.850. The predicted molar refractivity (Wildman–Crippen MR) is 52.6 cm³/mol. The van der Waals surface area contributed by atoms with Crippen molar-refractivity contribution < 1.29 is 14.3 Å². The molecule has 0 spiro atoms. The quantitative estimate of drug-likeness (QED) is 0.496. The van der Waals surface area contributed by atoms with E-state index in [0.29, 0.717) is 0 Å². The first-order valence-electron chi connectivity index (χ1n) is 4.97. The highest BCUT2D eigenvalue weighted by atomic mass is 16.7. The molecule has 3 nitrogen and oxygen atoms in total. The molecular formula is C11H16O3. The zero-order valence-electron chi connectivity index (χ0n) is 8.71. The van der Waals surface area contributed by atoms with Crippen LogP contribution in [0, 0.1) is 11.8 Å². The smallest absolute Gasteiger partial charge is 0.202 e. The molecule has 1 rings (SSSR count). The van der Waals surface area contributed by atoms with Crippen molar-refractivity contribution in [2.24, 2.45) is 0 Å². The number of ether oxygens (including phenoxy) is 2. The molecule has 0 aromatic rings. The van der Waals surface area contributed by atoms with E-state index in [1.807, 2.05) is 6.92 Å². The summed E-state index contributed by atoms with van der Waals surface area (Å²) in [5.74, 6) is 5.06. The second kappa shape index (κ2) is 5.79. The summed E-state index contributed by atoms with van der Waals surface area (Å²) in [6.45, 7) is 4.03. The zero-order chi connectivity index (χ0) is 10.4. The van der Waals surface area contributed by atoms with Crippen LogP contribution < -0.4 is 0 Å². The third-order valence-electron chi connectivity index (χ3n) is 1.95. The number of carbonyl (C=O) groups is 1. The molecule has 0 aromatic carbocycles. The van der Waals surface area contributed by atoms with Gasteiger partial charge in [-0.3, -0.25) is 4.79 Å². The van der Waals surface area contributed by atoms with Gasteiger partial charge in [0.1, 0.15) is 6.10 Å². The normalized spacial score (nSPS) is 23.4. The first kappa shape index (κ1) is 11.2. The topological polar surface area (TPSA) is 35.5 Å². The van der Waals surface area contributed by atoms with Crippen LogP contribution in [0.5, 0.6) is 0 Å². The van der Waals surface area contributed by atoms with Gasteiger partial charge in [-0.15, -0.1) is 0 Å². The lowest BCUT2D eigenvalue weighted by atomic mass is 10.2. The molecule has 3 heteroatoms. The molecular weight excluding hydrogens is 180 g/mol. The van der Waals surface area contributed by atoms with E-state index in [1.54, 1.807) is 0 Å². The van der Waals surface area contributed by atoms with Crippen LogP contribution in [0.15, 0.2) is 0 Å². The van der Waals surface area contributed by atoms with Gasteiger partial charge in [-0.2, -0.15) is 0 Å². The molecule has 0 aliphatic carbocycles. The van der Waals surface area contributed by atoms with E-state index in [4.69, 9.17) is 9.47 Å². The summed E-state index contributed by atoms with van der Waals surface area (Å²) in [4.78, 5) is 10.6. The average molecular weight is 196 g/mol. The van der Waals surface area contributed by atoms with Crippen LogP contribution >= 0.6 is 0 Å². The number of Topliss-reactive ketones (excluding diaryl/α,β-unsaturated/α-hetero) is 1. The summed E-state index contributed by atoms with van der Waals surface area (Å²) >= 11 is 0. The van der Waals surface area contributed by atoms with Crippen LogP contribution in [0.3, 0.4) is 0 Å². The molecule has 0 saturated carbocycles. The number of hydrogen-bond acceptors (Lipinski definition) is 3. The predicted octanol–water partition coefficient (Wildman–Crippen LogP) is 1.51. The molecule has 0 radical (unpaired) electrons. The number of carbonyl (C=O) groups excluding carboxylic acids is 1. The van der Waals surface area contributed by atoms with Gasteiger partial charge in [-0.25, -0.2) is 0 Å². The minimum Gasteiger partial charge on any atom is -0.353 e. The van der Waals surface area contributed by atoms with Gasteiger partial charge < -0.3 is 9.47 Å². The summed E-state index contributed by atoms with van der Waals surface area (Å²) in [6, 6.07) is 0. The molecule has 0 aromatic heterocycles. The fourth-order valence-electron chi connectivity index (χ4n) is 1.28. The summed E-state index contributed by atoms with van der Waals surface area (Å²) < 4.78 is 10.9. The lowest BCUT2D eigenvalue weighted by molar-refractivity contribution is -0.173. The Balaban J connectivity index is 2.29. The highest BCUT2D eigenvalue weighted by Crippen LogP contribution is 2.14. The minimum absolute atomic E-state index is 0.134. The molecule has 0 bridgehead atoms. The molecule has 1 saturated heterocycles. The van der Waals surface area contributed by atoms with Gasteiger partial charge in [0.25, 0.3) is 0 Å². The van der Waals surface area contributed by atoms with Crippen LogP contribution in [-0.2, 0) is 14.3 Å². The van der Waals surface area contributed by atoms with Crippen molar-refractivity contribution in [1.29, 1.82) is 0 Å². The van der Waals surface area contributed by atoms with Crippen molar-refractivity contribution in [2.75, 3.05) is 6.61 Å². The van der Waals surface area contributed by atoms with Crippen molar-refractivity contribution in [1.82, 2.24) is 0 Å². The monoisotopic (exact) mass is 196 g/mol. The molecule has 0 amide bonds. The summed E-state index contributed by atoms with van der Waals surface area (Å²) in [5.41, 5.74) is 0. The maximum atomic E-state index is 10.6. The molecule has 1 aliphatic heterocycles. The van der Waals surface area contributed by atoms with Crippen molar-refractivity contribution in [2.45, 2.75) is 45.5 Å². The second-order valence-corrected chi connectivity index (χ2v) is 3.40. The Morgan fingerprint density at radius 3 is 2.93 bits per heavy atom. The van der Waals surface area contributed by atoms with Gasteiger partial charge in [-0.1, -0.05) is 5.92 Å². The fraction of sp³-hybridized carbons (Fsp3) is 0.727. The number of rotatable bonds is 2. The van der Waals surface area contributed by atoms with E-state index in [0.717, 1.165) is 25.9 Å².